The molecule has 0 nitrogen and oxygen atoms in total. The Kier molecular flexibility index (Phi) is 15.9. The van der Waals surface area contributed by atoms with Crippen molar-refractivity contribution in [3.63, 3.8) is 0 Å². The first-order valence-electron chi connectivity index (χ1n) is 13.6. The molecule has 0 bridgehead atoms. The Bertz CT molecular complexity index is 1040. The van der Waals surface area contributed by atoms with Crippen LogP contribution < -0.4 is 0 Å². The summed E-state index contributed by atoms with van der Waals surface area (Å²) in [5.74, 6) is 0. The maximum absolute atomic E-state index is 3.72. The average molecular weight is 555 g/mol. The zero-order valence-corrected chi connectivity index (χ0v) is 26.7. The monoisotopic (exact) mass is 554 g/mol. The first-order chi connectivity index (χ1) is 17.7. The molecule has 0 atom stereocenters. The molecule has 4 aromatic carbocycles. The van der Waals surface area contributed by atoms with E-state index in [1.807, 2.05) is 91.0 Å². The van der Waals surface area contributed by atoms with Gasteiger partial charge in [-0.15, -0.1) is 36.4 Å². The fourth-order valence-corrected chi connectivity index (χ4v) is 5.96. The second kappa shape index (κ2) is 17.9. The molecular weight excluding hydrogens is 508 g/mol. The minimum absolute atomic E-state index is 0. The first-order valence-corrected chi connectivity index (χ1v) is 17.0. The third kappa shape index (κ3) is 12.9. The van der Waals surface area contributed by atoms with Gasteiger partial charge in [-0.3, -0.25) is 0 Å². The summed E-state index contributed by atoms with van der Waals surface area (Å²) in [6.45, 7) is 20.9. The van der Waals surface area contributed by atoms with Gasteiger partial charge in [-0.05, 0) is 0 Å². The van der Waals surface area contributed by atoms with Crippen molar-refractivity contribution in [2.24, 2.45) is 0 Å². The van der Waals surface area contributed by atoms with Gasteiger partial charge in [0.05, 0.1) is 0 Å². The van der Waals surface area contributed by atoms with Crippen LogP contribution in [0.1, 0.15) is 58.7 Å². The van der Waals surface area contributed by atoms with Gasteiger partial charge >= 0.3 is 21.7 Å². The van der Waals surface area contributed by atoms with Crippen molar-refractivity contribution < 1.29 is 21.7 Å². The standard InChI is InChI=1S/C15H25Si.3C7H7.Ti/c1-5-16(3,4)11-13-10-12(2)14-8-6-7-9-15(13)14;3*1-7-5-3-2-4-6-7;/h10H,5-9,11H2,1-4H3;3*2-6H,1H2;/q4*-1;+4. The van der Waals surface area contributed by atoms with E-state index in [9.17, 15) is 0 Å². The molecule has 0 aliphatic heterocycles. The molecule has 0 aromatic heterocycles. The fraction of sp³-hybridized carbons (Fsp3) is 0.278. The van der Waals surface area contributed by atoms with Crippen molar-refractivity contribution in [3.05, 3.63) is 157 Å². The molecule has 2 heteroatoms. The summed E-state index contributed by atoms with van der Waals surface area (Å²) in [7, 11) is -0.964. The van der Waals surface area contributed by atoms with Crippen LogP contribution in [0, 0.1) is 27.7 Å². The molecule has 0 spiro atoms. The minimum atomic E-state index is -0.964. The molecule has 198 valence electrons. The minimum Gasteiger partial charge on any atom is -0.199 e. The molecule has 5 rings (SSSR count). The van der Waals surface area contributed by atoms with Gasteiger partial charge in [-0.25, -0.2) is 0 Å². The number of hydrogen-bond acceptors (Lipinski definition) is 0. The Morgan fingerprint density at radius 3 is 1.42 bits per heavy atom. The summed E-state index contributed by atoms with van der Waals surface area (Å²) in [6.07, 6.45) is 5.52. The van der Waals surface area contributed by atoms with Crippen molar-refractivity contribution in [2.45, 2.75) is 64.7 Å². The van der Waals surface area contributed by atoms with E-state index in [-0.39, 0.29) is 21.7 Å². The molecule has 38 heavy (non-hydrogen) atoms. The zero-order valence-electron chi connectivity index (χ0n) is 24.1. The van der Waals surface area contributed by atoms with Crippen LogP contribution in [0.2, 0.25) is 19.1 Å². The smallest absolute Gasteiger partial charge is 0.199 e. The van der Waals surface area contributed by atoms with Gasteiger partial charge < -0.3 is 0 Å². The molecule has 0 fully saturated rings. The molecule has 0 saturated carbocycles. The summed E-state index contributed by atoms with van der Waals surface area (Å²) >= 11 is 0. The Labute approximate surface area is 250 Å². The van der Waals surface area contributed by atoms with Crippen LogP contribution in [0.5, 0.6) is 0 Å². The number of fused-ring (bicyclic) bond motifs is 1. The van der Waals surface area contributed by atoms with Crippen molar-refractivity contribution in [3.8, 4) is 0 Å². The second-order valence-electron chi connectivity index (χ2n) is 10.7. The Balaban J connectivity index is 0.000000276. The Morgan fingerprint density at radius 2 is 1.08 bits per heavy atom. The van der Waals surface area contributed by atoms with Gasteiger partial charge in [0.25, 0.3) is 0 Å². The van der Waals surface area contributed by atoms with Gasteiger partial charge in [-0.2, -0.15) is 102 Å². The molecule has 0 heterocycles. The van der Waals surface area contributed by atoms with Crippen LogP contribution in [0.25, 0.3) is 0 Å². The van der Waals surface area contributed by atoms with E-state index >= 15 is 0 Å². The molecule has 1 aliphatic carbocycles. The van der Waals surface area contributed by atoms with E-state index in [2.05, 4.69) is 53.8 Å². The molecule has 0 unspecified atom stereocenters. The van der Waals surface area contributed by atoms with E-state index in [0.717, 1.165) is 16.7 Å². The van der Waals surface area contributed by atoms with Crippen LogP contribution >= 0.6 is 0 Å². The maximum Gasteiger partial charge on any atom is 4.00 e. The molecular formula is C36H46SiTi. The van der Waals surface area contributed by atoms with Crippen molar-refractivity contribution in [1.82, 2.24) is 0 Å². The predicted molar refractivity (Wildman–Crippen MR) is 168 cm³/mol. The zero-order chi connectivity index (χ0) is 27.1. The summed E-state index contributed by atoms with van der Waals surface area (Å²) in [6, 6.07) is 34.9. The number of benzene rings is 3. The van der Waals surface area contributed by atoms with Crippen LogP contribution in [0.15, 0.2) is 97.1 Å². The van der Waals surface area contributed by atoms with Crippen molar-refractivity contribution in [1.29, 1.82) is 0 Å². The van der Waals surface area contributed by atoms with Crippen LogP contribution in [0.4, 0.5) is 0 Å². The topological polar surface area (TPSA) is 0 Å². The molecule has 0 N–H and O–H groups in total. The van der Waals surface area contributed by atoms with E-state index < -0.39 is 8.07 Å². The quantitative estimate of drug-likeness (QED) is 0.175. The van der Waals surface area contributed by atoms with Crippen LogP contribution in [0.3, 0.4) is 0 Å². The number of hydrogen-bond donors (Lipinski definition) is 0. The Morgan fingerprint density at radius 1 is 0.684 bits per heavy atom. The van der Waals surface area contributed by atoms with E-state index in [0.29, 0.717) is 0 Å². The Hall–Kier alpha value is -2.45. The van der Waals surface area contributed by atoms with Gasteiger partial charge in [0.15, 0.2) is 0 Å². The number of aryl methyl sites for hydroxylation is 1. The predicted octanol–water partition coefficient (Wildman–Crippen LogP) is 10.0. The van der Waals surface area contributed by atoms with Gasteiger partial charge in [0.2, 0.25) is 0 Å². The molecule has 4 aromatic rings. The van der Waals surface area contributed by atoms with Gasteiger partial charge in [0, 0.05) is 8.07 Å². The van der Waals surface area contributed by atoms with Gasteiger partial charge in [0.1, 0.15) is 0 Å². The summed E-state index contributed by atoms with van der Waals surface area (Å²) in [4.78, 5) is 0. The van der Waals surface area contributed by atoms with Crippen molar-refractivity contribution in [2.75, 3.05) is 0 Å². The third-order valence-electron chi connectivity index (χ3n) is 6.88. The average Bonchev–Trinajstić information content (AvgIpc) is 3.21. The molecule has 0 amide bonds. The normalized spacial score (nSPS) is 11.6. The van der Waals surface area contributed by atoms with Crippen molar-refractivity contribution >= 4 is 8.07 Å². The van der Waals surface area contributed by atoms with Crippen LogP contribution in [-0.4, -0.2) is 8.07 Å². The van der Waals surface area contributed by atoms with E-state index in [1.165, 1.54) is 37.8 Å². The molecule has 1 aliphatic rings. The van der Waals surface area contributed by atoms with E-state index in [4.69, 9.17) is 0 Å². The summed E-state index contributed by atoms with van der Waals surface area (Å²) in [5.41, 5.74) is 9.96. The van der Waals surface area contributed by atoms with Gasteiger partial charge in [-0.1, -0.05) is 82.9 Å². The maximum atomic E-state index is 3.72. The molecule has 0 saturated heterocycles. The summed E-state index contributed by atoms with van der Waals surface area (Å²) in [5, 5.41) is 0. The second-order valence-corrected chi connectivity index (χ2v) is 16.1. The van der Waals surface area contributed by atoms with Crippen LogP contribution in [-0.2, 0) is 40.6 Å². The third-order valence-corrected chi connectivity index (χ3v) is 10.1. The SMILES string of the molecule is CC[Si](C)(C)C[c-]1cc(C)c2c1CCCC2.[CH2-]c1ccccc1.[CH2-]c1ccccc1.[CH2-]c1ccccc1.[Ti+4]. The largest absolute Gasteiger partial charge is 4.00 e. The molecule has 0 radical (unpaired) electrons. The number of rotatable bonds is 3. The summed E-state index contributed by atoms with van der Waals surface area (Å²) < 4.78 is 0. The fourth-order valence-electron chi connectivity index (χ4n) is 4.36. The van der Waals surface area contributed by atoms with E-state index in [1.54, 1.807) is 22.3 Å². The first kappa shape index (κ1) is 33.6.